The maximum Gasteiger partial charge on any atom is 0.273 e. The predicted molar refractivity (Wildman–Crippen MR) is 97.6 cm³/mol. The van der Waals surface area contributed by atoms with Gasteiger partial charge in [0, 0.05) is 43.8 Å². The molecule has 0 saturated heterocycles. The van der Waals surface area contributed by atoms with E-state index in [1.54, 1.807) is 13.3 Å². The fourth-order valence-corrected chi connectivity index (χ4v) is 3.51. The van der Waals surface area contributed by atoms with Gasteiger partial charge in [0.25, 0.3) is 5.91 Å². The van der Waals surface area contributed by atoms with Crippen LogP contribution in [0.3, 0.4) is 0 Å². The standard InChI is InChI=1S/C20H20N4O2/c1-26-12-6-11-24-19(15-9-5-10-21-13-15)16-17(14-7-3-2-4-8-14)22-23-18(16)20(24)25/h2-5,7-10,13,19H,6,11-12H2,1H3,(H,22,23). The van der Waals surface area contributed by atoms with Gasteiger partial charge < -0.3 is 9.64 Å². The molecule has 132 valence electrons. The first kappa shape index (κ1) is 16.5. The molecule has 6 nitrogen and oxygen atoms in total. The van der Waals surface area contributed by atoms with Gasteiger partial charge in [-0.25, -0.2) is 0 Å². The van der Waals surface area contributed by atoms with Gasteiger partial charge in [-0.05, 0) is 18.1 Å². The lowest BCUT2D eigenvalue weighted by Gasteiger charge is -2.26. The van der Waals surface area contributed by atoms with Gasteiger partial charge >= 0.3 is 0 Å². The Kier molecular flexibility index (Phi) is 4.50. The normalized spacial score (nSPS) is 16.1. The van der Waals surface area contributed by atoms with Gasteiger partial charge in [-0.15, -0.1) is 0 Å². The molecular formula is C20H20N4O2. The highest BCUT2D eigenvalue weighted by Gasteiger charge is 2.41. The number of hydrogen-bond acceptors (Lipinski definition) is 4. The van der Waals surface area contributed by atoms with Gasteiger partial charge in [-0.3, -0.25) is 14.9 Å². The Morgan fingerprint density at radius 3 is 2.77 bits per heavy atom. The fraction of sp³-hybridized carbons (Fsp3) is 0.250. The number of pyridine rings is 1. The number of carbonyl (C=O) groups is 1. The molecule has 0 aliphatic carbocycles. The lowest BCUT2D eigenvalue weighted by Crippen LogP contribution is -2.31. The highest BCUT2D eigenvalue weighted by atomic mass is 16.5. The van der Waals surface area contributed by atoms with E-state index < -0.39 is 0 Å². The maximum absolute atomic E-state index is 13.0. The average molecular weight is 348 g/mol. The third-order valence-corrected chi connectivity index (χ3v) is 4.66. The van der Waals surface area contributed by atoms with E-state index >= 15 is 0 Å². The van der Waals surface area contributed by atoms with E-state index in [-0.39, 0.29) is 11.9 Å². The fourth-order valence-electron chi connectivity index (χ4n) is 3.51. The molecule has 3 heterocycles. The molecule has 1 N–H and O–H groups in total. The molecule has 26 heavy (non-hydrogen) atoms. The van der Waals surface area contributed by atoms with Crippen LogP contribution >= 0.6 is 0 Å². The van der Waals surface area contributed by atoms with Gasteiger partial charge in [0.1, 0.15) is 5.69 Å². The van der Waals surface area contributed by atoms with Crippen LogP contribution in [0.1, 0.15) is 34.1 Å². The lowest BCUT2D eigenvalue weighted by atomic mass is 9.97. The molecule has 4 rings (SSSR count). The average Bonchev–Trinajstić information content (AvgIpc) is 3.23. The molecule has 1 unspecified atom stereocenters. The van der Waals surface area contributed by atoms with Crippen molar-refractivity contribution in [2.24, 2.45) is 0 Å². The predicted octanol–water partition coefficient (Wildman–Crippen LogP) is 3.05. The number of amides is 1. The van der Waals surface area contributed by atoms with Crippen LogP contribution in [0, 0.1) is 0 Å². The zero-order valence-electron chi connectivity index (χ0n) is 14.6. The van der Waals surface area contributed by atoms with Gasteiger partial charge in [0.05, 0.1) is 11.7 Å². The number of nitrogens with one attached hydrogen (secondary N) is 1. The zero-order valence-corrected chi connectivity index (χ0v) is 14.6. The van der Waals surface area contributed by atoms with Crippen molar-refractivity contribution in [2.75, 3.05) is 20.3 Å². The van der Waals surface area contributed by atoms with E-state index in [0.717, 1.165) is 28.8 Å². The van der Waals surface area contributed by atoms with Crippen LogP contribution in [-0.4, -0.2) is 46.2 Å². The molecule has 0 bridgehead atoms. The van der Waals surface area contributed by atoms with Crippen molar-refractivity contribution in [1.29, 1.82) is 0 Å². The van der Waals surface area contributed by atoms with E-state index in [1.807, 2.05) is 53.6 Å². The molecule has 0 fully saturated rings. The van der Waals surface area contributed by atoms with Crippen LogP contribution in [0.25, 0.3) is 11.3 Å². The molecule has 1 aliphatic heterocycles. The second-order valence-electron chi connectivity index (χ2n) is 6.26. The Bertz CT molecular complexity index is 893. The molecule has 3 aromatic rings. The van der Waals surface area contributed by atoms with Crippen molar-refractivity contribution in [2.45, 2.75) is 12.5 Å². The Hall–Kier alpha value is -2.99. The molecule has 1 aromatic carbocycles. The Balaban J connectivity index is 1.80. The van der Waals surface area contributed by atoms with Crippen LogP contribution in [0.5, 0.6) is 0 Å². The second-order valence-corrected chi connectivity index (χ2v) is 6.26. The van der Waals surface area contributed by atoms with E-state index in [2.05, 4.69) is 15.2 Å². The quantitative estimate of drug-likeness (QED) is 0.695. The summed E-state index contributed by atoms with van der Waals surface area (Å²) in [5.74, 6) is -0.0281. The number of carbonyl (C=O) groups excluding carboxylic acids is 1. The first-order valence-corrected chi connectivity index (χ1v) is 8.64. The van der Waals surface area contributed by atoms with Gasteiger partial charge in [0.2, 0.25) is 0 Å². The van der Waals surface area contributed by atoms with Gasteiger partial charge in [-0.1, -0.05) is 36.4 Å². The largest absolute Gasteiger partial charge is 0.385 e. The van der Waals surface area contributed by atoms with Gasteiger partial charge in [-0.2, -0.15) is 5.10 Å². The molecule has 0 spiro atoms. The number of benzene rings is 1. The van der Waals surface area contributed by atoms with Crippen molar-refractivity contribution < 1.29 is 9.53 Å². The van der Waals surface area contributed by atoms with Crippen molar-refractivity contribution in [3.63, 3.8) is 0 Å². The van der Waals surface area contributed by atoms with E-state index in [4.69, 9.17) is 4.74 Å². The number of aromatic amines is 1. The molecule has 1 aliphatic rings. The summed E-state index contributed by atoms with van der Waals surface area (Å²) in [6.07, 6.45) is 4.33. The minimum atomic E-state index is -0.197. The van der Waals surface area contributed by atoms with Crippen molar-refractivity contribution in [3.05, 3.63) is 71.7 Å². The summed E-state index contributed by atoms with van der Waals surface area (Å²) in [7, 11) is 1.67. The maximum atomic E-state index is 13.0. The molecule has 1 atom stereocenters. The van der Waals surface area contributed by atoms with Crippen LogP contribution < -0.4 is 0 Å². The summed E-state index contributed by atoms with van der Waals surface area (Å²) < 4.78 is 5.16. The van der Waals surface area contributed by atoms with Crippen LogP contribution in [0.15, 0.2) is 54.9 Å². The molecule has 2 aromatic heterocycles. The summed E-state index contributed by atoms with van der Waals surface area (Å²) in [6.45, 7) is 1.23. The number of rotatable bonds is 6. The highest BCUT2D eigenvalue weighted by molar-refractivity contribution is 6.00. The Morgan fingerprint density at radius 1 is 1.19 bits per heavy atom. The minimum absolute atomic E-state index is 0.0281. The summed E-state index contributed by atoms with van der Waals surface area (Å²) in [4.78, 5) is 19.1. The number of ether oxygens (including phenoxy) is 1. The van der Waals surface area contributed by atoms with Crippen LogP contribution in [-0.2, 0) is 4.74 Å². The highest BCUT2D eigenvalue weighted by Crippen LogP contribution is 2.42. The summed E-state index contributed by atoms with van der Waals surface area (Å²) >= 11 is 0. The number of fused-ring (bicyclic) bond motifs is 1. The Labute approximate surface area is 151 Å². The minimum Gasteiger partial charge on any atom is -0.385 e. The first-order chi connectivity index (χ1) is 12.8. The number of methoxy groups -OCH3 is 1. The van der Waals surface area contributed by atoms with E-state index in [1.165, 1.54) is 0 Å². The second kappa shape index (κ2) is 7.09. The first-order valence-electron chi connectivity index (χ1n) is 8.64. The SMILES string of the molecule is COCCCN1C(=O)c2[nH]nc(-c3ccccc3)c2C1c1cccnc1. The smallest absolute Gasteiger partial charge is 0.273 e. The summed E-state index contributed by atoms with van der Waals surface area (Å²) in [6, 6.07) is 13.6. The Morgan fingerprint density at radius 2 is 2.04 bits per heavy atom. The van der Waals surface area contributed by atoms with Crippen molar-refractivity contribution >= 4 is 5.91 Å². The van der Waals surface area contributed by atoms with Crippen LogP contribution in [0.2, 0.25) is 0 Å². The lowest BCUT2D eigenvalue weighted by molar-refractivity contribution is 0.0723. The molecule has 6 heteroatoms. The number of aromatic nitrogens is 3. The topological polar surface area (TPSA) is 71.1 Å². The van der Waals surface area contributed by atoms with Gasteiger partial charge in [0.15, 0.2) is 0 Å². The zero-order chi connectivity index (χ0) is 17.9. The third-order valence-electron chi connectivity index (χ3n) is 4.66. The molecule has 0 radical (unpaired) electrons. The van der Waals surface area contributed by atoms with E-state index in [0.29, 0.717) is 18.8 Å². The molecular weight excluding hydrogens is 328 g/mol. The van der Waals surface area contributed by atoms with Crippen molar-refractivity contribution in [1.82, 2.24) is 20.1 Å². The number of nitrogens with zero attached hydrogens (tertiary/aromatic N) is 3. The van der Waals surface area contributed by atoms with E-state index in [9.17, 15) is 4.79 Å². The summed E-state index contributed by atoms with van der Waals surface area (Å²) in [5.41, 5.74) is 4.28. The molecule has 1 amide bonds. The third kappa shape index (κ3) is 2.78. The molecule has 0 saturated carbocycles. The van der Waals surface area contributed by atoms with Crippen molar-refractivity contribution in [3.8, 4) is 11.3 Å². The summed E-state index contributed by atoms with van der Waals surface area (Å²) in [5, 5.41) is 7.41. The number of hydrogen-bond donors (Lipinski definition) is 1. The van der Waals surface area contributed by atoms with Crippen LogP contribution in [0.4, 0.5) is 0 Å². The number of H-pyrrole nitrogens is 1. The monoisotopic (exact) mass is 348 g/mol.